The van der Waals surface area contributed by atoms with Crippen molar-refractivity contribution in [2.45, 2.75) is 19.8 Å². The molecule has 1 heterocycles. The summed E-state index contributed by atoms with van der Waals surface area (Å²) in [4.78, 5) is 11.2. The molecule has 0 saturated carbocycles. The number of ether oxygens (including phenoxy) is 1. The fourth-order valence-corrected chi connectivity index (χ4v) is 1.48. The first kappa shape index (κ1) is 8.53. The van der Waals surface area contributed by atoms with Crippen LogP contribution >= 0.6 is 0 Å². The molecular weight excluding hydrogens is 142 g/mol. The maximum absolute atomic E-state index is 11.2. The molecule has 11 heavy (non-hydrogen) atoms. The van der Waals surface area contributed by atoms with E-state index in [1.54, 1.807) is 0 Å². The lowest BCUT2D eigenvalue weighted by Gasteiger charge is -2.30. The van der Waals surface area contributed by atoms with Crippen LogP contribution in [0, 0.1) is 5.41 Å². The SMILES string of the molecule is COC(=O)[C@]1(C)CCCNC1. The van der Waals surface area contributed by atoms with E-state index in [0.717, 1.165) is 25.9 Å². The van der Waals surface area contributed by atoms with Gasteiger partial charge in [0.05, 0.1) is 12.5 Å². The van der Waals surface area contributed by atoms with Crippen molar-refractivity contribution in [3.05, 3.63) is 0 Å². The van der Waals surface area contributed by atoms with Crippen LogP contribution in [0.1, 0.15) is 19.8 Å². The Bertz CT molecular complexity index is 150. The highest BCUT2D eigenvalue weighted by Gasteiger charge is 2.35. The van der Waals surface area contributed by atoms with Crippen LogP contribution in [0.2, 0.25) is 0 Å². The van der Waals surface area contributed by atoms with Crippen molar-refractivity contribution in [3.8, 4) is 0 Å². The molecule has 64 valence electrons. The number of hydrogen-bond donors (Lipinski definition) is 1. The predicted molar refractivity (Wildman–Crippen MR) is 42.2 cm³/mol. The van der Waals surface area contributed by atoms with E-state index in [1.807, 2.05) is 6.92 Å². The molecular formula is C8H15NO2. The molecule has 0 aromatic carbocycles. The third-order valence-corrected chi connectivity index (χ3v) is 2.28. The van der Waals surface area contributed by atoms with Crippen molar-refractivity contribution < 1.29 is 9.53 Å². The molecule has 0 unspecified atom stereocenters. The lowest BCUT2D eigenvalue weighted by Crippen LogP contribution is -2.43. The summed E-state index contributed by atoms with van der Waals surface area (Å²) in [7, 11) is 1.45. The largest absolute Gasteiger partial charge is 0.469 e. The number of methoxy groups -OCH3 is 1. The van der Waals surface area contributed by atoms with Gasteiger partial charge in [-0.1, -0.05) is 0 Å². The van der Waals surface area contributed by atoms with E-state index in [-0.39, 0.29) is 11.4 Å². The molecule has 0 aliphatic carbocycles. The Hall–Kier alpha value is -0.570. The van der Waals surface area contributed by atoms with Crippen LogP contribution in [0.5, 0.6) is 0 Å². The standard InChI is InChI=1S/C8H15NO2/c1-8(7(10)11-2)4-3-5-9-6-8/h9H,3-6H2,1-2H3/t8-/m1/s1. The van der Waals surface area contributed by atoms with Gasteiger partial charge in [0.2, 0.25) is 0 Å². The van der Waals surface area contributed by atoms with Crippen LogP contribution in [-0.2, 0) is 9.53 Å². The summed E-state index contributed by atoms with van der Waals surface area (Å²) in [6, 6.07) is 0. The van der Waals surface area contributed by atoms with Crippen molar-refractivity contribution in [2.24, 2.45) is 5.41 Å². The first-order valence-corrected chi connectivity index (χ1v) is 3.98. The highest BCUT2D eigenvalue weighted by Crippen LogP contribution is 2.26. The summed E-state index contributed by atoms with van der Waals surface area (Å²) in [6.45, 7) is 3.72. The summed E-state index contributed by atoms with van der Waals surface area (Å²) >= 11 is 0. The Morgan fingerprint density at radius 3 is 2.82 bits per heavy atom. The third kappa shape index (κ3) is 1.71. The minimum atomic E-state index is -0.285. The van der Waals surface area contributed by atoms with E-state index in [4.69, 9.17) is 4.74 Å². The van der Waals surface area contributed by atoms with Crippen molar-refractivity contribution in [2.75, 3.05) is 20.2 Å². The summed E-state index contributed by atoms with van der Waals surface area (Å²) < 4.78 is 4.71. The van der Waals surface area contributed by atoms with Crippen molar-refractivity contribution in [1.82, 2.24) is 5.32 Å². The van der Waals surface area contributed by atoms with Gasteiger partial charge in [0.25, 0.3) is 0 Å². The van der Waals surface area contributed by atoms with Crippen molar-refractivity contribution >= 4 is 5.97 Å². The van der Waals surface area contributed by atoms with Crippen molar-refractivity contribution in [3.63, 3.8) is 0 Å². The van der Waals surface area contributed by atoms with Gasteiger partial charge in [-0.25, -0.2) is 0 Å². The zero-order valence-corrected chi connectivity index (χ0v) is 7.14. The molecule has 1 N–H and O–H groups in total. The summed E-state index contributed by atoms with van der Waals surface area (Å²) in [5.74, 6) is -0.0929. The van der Waals surface area contributed by atoms with Crippen LogP contribution < -0.4 is 5.32 Å². The van der Waals surface area contributed by atoms with Crippen LogP contribution in [0.15, 0.2) is 0 Å². The van der Waals surface area contributed by atoms with E-state index in [1.165, 1.54) is 7.11 Å². The minimum absolute atomic E-state index is 0.0929. The fourth-order valence-electron chi connectivity index (χ4n) is 1.48. The monoisotopic (exact) mass is 157 g/mol. The molecule has 1 saturated heterocycles. The highest BCUT2D eigenvalue weighted by molar-refractivity contribution is 5.76. The maximum Gasteiger partial charge on any atom is 0.312 e. The van der Waals surface area contributed by atoms with Crippen LogP contribution in [0.25, 0.3) is 0 Å². The molecule has 0 spiro atoms. The summed E-state index contributed by atoms with van der Waals surface area (Å²) in [6.07, 6.45) is 2.00. The normalized spacial score (nSPS) is 31.5. The van der Waals surface area contributed by atoms with Crippen molar-refractivity contribution in [1.29, 1.82) is 0 Å². The molecule has 0 radical (unpaired) electrons. The molecule has 3 nitrogen and oxygen atoms in total. The summed E-state index contributed by atoms with van der Waals surface area (Å²) in [5, 5.41) is 3.19. The first-order valence-electron chi connectivity index (χ1n) is 3.98. The number of hydrogen-bond acceptors (Lipinski definition) is 3. The number of carbonyl (C=O) groups excluding carboxylic acids is 1. The smallest absolute Gasteiger partial charge is 0.312 e. The quantitative estimate of drug-likeness (QED) is 0.565. The first-order chi connectivity index (χ1) is 5.19. The average Bonchev–Trinajstić information content (AvgIpc) is 2.04. The van der Waals surface area contributed by atoms with Crippen LogP contribution in [0.4, 0.5) is 0 Å². The molecule has 0 bridgehead atoms. The second-order valence-corrected chi connectivity index (χ2v) is 3.33. The molecule has 0 amide bonds. The van der Waals surface area contributed by atoms with Gasteiger partial charge in [-0.2, -0.15) is 0 Å². The van der Waals surface area contributed by atoms with Crippen LogP contribution in [-0.4, -0.2) is 26.2 Å². The molecule has 1 aliphatic rings. The van der Waals surface area contributed by atoms with Gasteiger partial charge in [0.1, 0.15) is 0 Å². The molecule has 1 fully saturated rings. The molecule has 1 aliphatic heterocycles. The van der Waals surface area contributed by atoms with Gasteiger partial charge in [0.15, 0.2) is 0 Å². The second kappa shape index (κ2) is 3.22. The molecule has 0 aromatic rings. The van der Waals surface area contributed by atoms with Crippen LogP contribution in [0.3, 0.4) is 0 Å². The molecule has 1 rings (SSSR count). The molecule has 0 aromatic heterocycles. The minimum Gasteiger partial charge on any atom is -0.469 e. The van der Waals surface area contributed by atoms with Gasteiger partial charge in [-0.15, -0.1) is 0 Å². The van der Waals surface area contributed by atoms with E-state index >= 15 is 0 Å². The number of esters is 1. The van der Waals surface area contributed by atoms with E-state index < -0.39 is 0 Å². The van der Waals surface area contributed by atoms with Gasteiger partial charge >= 0.3 is 5.97 Å². The number of carbonyl (C=O) groups is 1. The summed E-state index contributed by atoms with van der Waals surface area (Å²) in [5.41, 5.74) is -0.285. The maximum atomic E-state index is 11.2. The fraction of sp³-hybridized carbons (Fsp3) is 0.875. The lowest BCUT2D eigenvalue weighted by molar-refractivity contribution is -0.152. The van der Waals surface area contributed by atoms with E-state index in [9.17, 15) is 4.79 Å². The highest BCUT2D eigenvalue weighted by atomic mass is 16.5. The number of rotatable bonds is 1. The van der Waals surface area contributed by atoms with E-state index in [2.05, 4.69) is 5.32 Å². The topological polar surface area (TPSA) is 38.3 Å². The van der Waals surface area contributed by atoms with Gasteiger partial charge in [-0.3, -0.25) is 4.79 Å². The Morgan fingerprint density at radius 2 is 2.36 bits per heavy atom. The third-order valence-electron chi connectivity index (χ3n) is 2.28. The predicted octanol–water partition coefficient (Wildman–Crippen LogP) is 0.549. The zero-order chi connectivity index (χ0) is 8.32. The lowest BCUT2D eigenvalue weighted by atomic mass is 9.83. The van der Waals surface area contributed by atoms with Gasteiger partial charge in [-0.05, 0) is 26.3 Å². The zero-order valence-electron chi connectivity index (χ0n) is 7.14. The Kier molecular flexibility index (Phi) is 2.49. The van der Waals surface area contributed by atoms with E-state index in [0.29, 0.717) is 0 Å². The van der Waals surface area contributed by atoms with Gasteiger partial charge < -0.3 is 10.1 Å². The average molecular weight is 157 g/mol. The Labute approximate surface area is 67.1 Å². The van der Waals surface area contributed by atoms with Gasteiger partial charge in [0, 0.05) is 6.54 Å². The Morgan fingerprint density at radius 1 is 1.64 bits per heavy atom. The second-order valence-electron chi connectivity index (χ2n) is 3.33. The molecule has 1 atom stereocenters. The number of nitrogens with one attached hydrogen (secondary N) is 1. The molecule has 3 heteroatoms. The number of piperidine rings is 1. The Balaban J connectivity index is 2.56.